The third-order valence-electron chi connectivity index (χ3n) is 7.35. The molecule has 3 aliphatic heterocycles. The Labute approximate surface area is 251 Å². The Hall–Kier alpha value is -2.99. The zero-order valence-electron chi connectivity index (χ0n) is 24.7. The van der Waals surface area contributed by atoms with Crippen LogP contribution in [0.4, 0.5) is 0 Å². The van der Waals surface area contributed by atoms with E-state index in [-0.39, 0.29) is 18.1 Å². The maximum atomic E-state index is 13.4. The van der Waals surface area contributed by atoms with Crippen molar-refractivity contribution in [2.24, 2.45) is 0 Å². The lowest BCUT2D eigenvalue weighted by Crippen LogP contribution is -2.65. The van der Waals surface area contributed by atoms with Crippen molar-refractivity contribution in [2.45, 2.75) is 107 Å². The molecule has 1 saturated carbocycles. The van der Waals surface area contributed by atoms with Crippen molar-refractivity contribution in [3.63, 3.8) is 0 Å². The number of carbonyl (C=O) groups is 6. The second kappa shape index (κ2) is 12.9. The topological polar surface area (TPSA) is 189 Å². The molecule has 17 heteroatoms. The van der Waals surface area contributed by atoms with E-state index in [2.05, 4.69) is 0 Å². The number of amides is 1. The van der Waals surface area contributed by atoms with Crippen LogP contribution in [0.15, 0.2) is 0 Å². The largest absolute Gasteiger partial charge is 0.455 e. The molecule has 0 aromatic heterocycles. The molecule has 1 spiro atoms. The van der Waals surface area contributed by atoms with Crippen LogP contribution >= 0.6 is 11.8 Å². The molecule has 0 aromatic carbocycles. The van der Waals surface area contributed by atoms with Gasteiger partial charge in [0, 0.05) is 55.3 Å². The maximum Gasteiger partial charge on any atom is 0.303 e. The van der Waals surface area contributed by atoms with Crippen molar-refractivity contribution >= 4 is 47.5 Å². The maximum absolute atomic E-state index is 13.4. The molecule has 11 atom stereocenters. The third-order valence-corrected chi connectivity index (χ3v) is 8.60. The number of nitrogens with zero attached hydrogens (tertiary/aromatic N) is 1. The molecule has 0 bridgehead atoms. The van der Waals surface area contributed by atoms with Crippen LogP contribution in [0.5, 0.6) is 0 Å². The zero-order chi connectivity index (χ0) is 31.8. The normalized spacial score (nSPS) is 38.4. The van der Waals surface area contributed by atoms with Gasteiger partial charge < -0.3 is 47.5 Å². The molecule has 43 heavy (non-hydrogen) atoms. The average Bonchev–Trinajstić information content (AvgIpc) is 3.32. The standard InChI is InChI=1S/C26H35NO15S/c1-10(28)36-17-19(41-24(34-6)20(17)38-12(3)30)23-27(16(33)9-43-23)15-8-26(15)22(40-14(5)32)18(37-11(2)29)21(39-13(4)31)25(35-7)42-26/h15,17-25H,8-9H2,1-7H3/t15-,17?,18-,19?,20-,21-,22+,23+,24-,25+,26?/m1/s1. The number of methoxy groups -OCH3 is 2. The minimum atomic E-state index is -1.45. The highest BCUT2D eigenvalue weighted by Crippen LogP contribution is 2.56. The Balaban J connectivity index is 1.71. The van der Waals surface area contributed by atoms with Gasteiger partial charge in [0.25, 0.3) is 0 Å². The number of ether oxygens (including phenoxy) is 9. The summed E-state index contributed by atoms with van der Waals surface area (Å²) in [6.07, 6.45) is -9.53. The lowest BCUT2D eigenvalue weighted by atomic mass is 9.95. The summed E-state index contributed by atoms with van der Waals surface area (Å²) in [6, 6.07) is -0.784. The van der Waals surface area contributed by atoms with Crippen molar-refractivity contribution < 1.29 is 71.4 Å². The van der Waals surface area contributed by atoms with Crippen LogP contribution in [0.3, 0.4) is 0 Å². The van der Waals surface area contributed by atoms with E-state index in [0.717, 1.165) is 20.8 Å². The first-order chi connectivity index (χ1) is 20.2. The summed E-state index contributed by atoms with van der Waals surface area (Å²) in [5.74, 6) is -3.88. The molecule has 0 aromatic rings. The van der Waals surface area contributed by atoms with E-state index >= 15 is 0 Å². The highest BCUT2D eigenvalue weighted by atomic mass is 32.2. The Morgan fingerprint density at radius 3 is 1.74 bits per heavy atom. The van der Waals surface area contributed by atoms with E-state index in [4.69, 9.17) is 42.6 Å². The van der Waals surface area contributed by atoms with Gasteiger partial charge >= 0.3 is 29.8 Å². The zero-order valence-corrected chi connectivity index (χ0v) is 25.5. The molecule has 240 valence electrons. The SMILES string of the molecule is CO[C@H]1OC2(C[C@H]2N2C(=O)CS[C@H]2C2O[C@@H](OC)[C@H](OC(C)=O)C2OC(C)=O)[C@@H](OC(C)=O)[C@H](OC(C)=O)[C@H]1OC(C)=O. The Kier molecular flexibility index (Phi) is 9.90. The number of thioether (sulfide) groups is 1. The molecular weight excluding hydrogens is 598 g/mol. The minimum absolute atomic E-state index is 0.00909. The monoisotopic (exact) mass is 633 g/mol. The summed E-state index contributed by atoms with van der Waals surface area (Å²) in [7, 11) is 2.62. The van der Waals surface area contributed by atoms with Gasteiger partial charge in [-0.2, -0.15) is 0 Å². The van der Waals surface area contributed by atoms with Gasteiger partial charge in [0.1, 0.15) is 17.1 Å². The number of esters is 5. The van der Waals surface area contributed by atoms with Crippen LogP contribution in [-0.4, -0.2) is 127 Å². The molecule has 3 unspecified atom stereocenters. The van der Waals surface area contributed by atoms with Crippen molar-refractivity contribution in [2.75, 3.05) is 20.0 Å². The average molecular weight is 634 g/mol. The molecule has 4 fully saturated rings. The van der Waals surface area contributed by atoms with E-state index in [1.54, 1.807) is 0 Å². The predicted octanol–water partition coefficient (Wildman–Crippen LogP) is -0.568. The van der Waals surface area contributed by atoms with E-state index in [9.17, 15) is 28.8 Å². The summed E-state index contributed by atoms with van der Waals surface area (Å²) >= 11 is 1.19. The summed E-state index contributed by atoms with van der Waals surface area (Å²) < 4.78 is 50.6. The quantitative estimate of drug-likeness (QED) is 0.232. The van der Waals surface area contributed by atoms with Gasteiger partial charge in [-0.25, -0.2) is 0 Å². The number of hydrogen-bond donors (Lipinski definition) is 0. The fourth-order valence-electron chi connectivity index (χ4n) is 5.90. The van der Waals surface area contributed by atoms with Crippen molar-refractivity contribution in [3.05, 3.63) is 0 Å². The molecule has 3 saturated heterocycles. The first-order valence-corrected chi connectivity index (χ1v) is 14.5. The fraction of sp³-hybridized carbons (Fsp3) is 0.769. The molecule has 3 heterocycles. The van der Waals surface area contributed by atoms with Crippen LogP contribution in [0, 0.1) is 0 Å². The number of carbonyl (C=O) groups excluding carboxylic acids is 6. The lowest BCUT2D eigenvalue weighted by molar-refractivity contribution is -0.309. The molecule has 1 aliphatic carbocycles. The second-order valence-electron chi connectivity index (χ2n) is 10.4. The molecular formula is C26H35NO15S. The summed E-state index contributed by atoms with van der Waals surface area (Å²) in [4.78, 5) is 75.2. The fourth-order valence-corrected chi connectivity index (χ4v) is 7.19. The van der Waals surface area contributed by atoms with Gasteiger partial charge in [0.2, 0.25) is 5.91 Å². The van der Waals surface area contributed by atoms with Gasteiger partial charge in [0.15, 0.2) is 43.1 Å². The second-order valence-corrected chi connectivity index (χ2v) is 11.5. The smallest absolute Gasteiger partial charge is 0.303 e. The van der Waals surface area contributed by atoms with Gasteiger partial charge in [-0.15, -0.1) is 11.8 Å². The highest BCUT2D eigenvalue weighted by Gasteiger charge is 2.75. The summed E-state index contributed by atoms with van der Waals surface area (Å²) in [6.45, 7) is 5.80. The van der Waals surface area contributed by atoms with Gasteiger partial charge in [-0.05, 0) is 0 Å². The summed E-state index contributed by atoms with van der Waals surface area (Å²) in [5, 5.41) is -0.805. The third kappa shape index (κ3) is 6.60. The summed E-state index contributed by atoms with van der Waals surface area (Å²) in [5.41, 5.74) is -1.45. The van der Waals surface area contributed by atoms with E-state index in [1.807, 2.05) is 0 Å². The Morgan fingerprint density at radius 1 is 0.744 bits per heavy atom. The van der Waals surface area contributed by atoms with Crippen LogP contribution < -0.4 is 0 Å². The molecule has 0 N–H and O–H groups in total. The van der Waals surface area contributed by atoms with Crippen LogP contribution in [0.1, 0.15) is 41.0 Å². The van der Waals surface area contributed by atoms with Gasteiger partial charge in [0.05, 0.1) is 11.8 Å². The highest BCUT2D eigenvalue weighted by molar-refractivity contribution is 8.01. The van der Waals surface area contributed by atoms with Crippen molar-refractivity contribution in [1.82, 2.24) is 4.90 Å². The number of hydrogen-bond acceptors (Lipinski definition) is 16. The minimum Gasteiger partial charge on any atom is -0.455 e. The van der Waals surface area contributed by atoms with Crippen molar-refractivity contribution in [1.29, 1.82) is 0 Å². The van der Waals surface area contributed by atoms with Gasteiger partial charge in [-0.3, -0.25) is 28.8 Å². The predicted molar refractivity (Wildman–Crippen MR) is 140 cm³/mol. The molecule has 0 radical (unpaired) electrons. The van der Waals surface area contributed by atoms with Gasteiger partial charge in [-0.1, -0.05) is 0 Å². The Bertz CT molecular complexity index is 1150. The van der Waals surface area contributed by atoms with Crippen LogP contribution in [-0.2, 0) is 71.4 Å². The molecule has 4 rings (SSSR count). The first-order valence-electron chi connectivity index (χ1n) is 13.4. The Morgan fingerprint density at radius 2 is 1.23 bits per heavy atom. The van der Waals surface area contributed by atoms with E-state index in [0.29, 0.717) is 0 Å². The van der Waals surface area contributed by atoms with E-state index in [1.165, 1.54) is 44.7 Å². The van der Waals surface area contributed by atoms with E-state index < -0.39 is 96.1 Å². The molecule has 1 amide bonds. The van der Waals surface area contributed by atoms with Crippen LogP contribution in [0.2, 0.25) is 0 Å². The first kappa shape index (κ1) is 32.9. The number of rotatable bonds is 9. The van der Waals surface area contributed by atoms with Crippen LogP contribution in [0.25, 0.3) is 0 Å². The van der Waals surface area contributed by atoms with Crippen molar-refractivity contribution in [3.8, 4) is 0 Å². The lowest BCUT2D eigenvalue weighted by Gasteiger charge is -2.45. The molecule has 4 aliphatic rings. The molecule has 16 nitrogen and oxygen atoms in total.